The van der Waals surface area contributed by atoms with Crippen LogP contribution in [0.15, 0.2) is 17.0 Å². The van der Waals surface area contributed by atoms with E-state index in [9.17, 15) is 26.7 Å². The number of aliphatic hydroxyl groups excluding tert-OH is 1. The van der Waals surface area contributed by atoms with Crippen LogP contribution in [0.25, 0.3) is 0 Å². The molecule has 4 nitrogen and oxygen atoms in total. The van der Waals surface area contributed by atoms with E-state index in [0.29, 0.717) is 11.3 Å². The third-order valence-electron chi connectivity index (χ3n) is 3.23. The summed E-state index contributed by atoms with van der Waals surface area (Å²) in [6.45, 7) is 3.50. The number of benzene rings is 1. The number of hydrogen-bond acceptors (Lipinski definition) is 4. The minimum Gasteiger partial charge on any atom is -0.491 e. The summed E-state index contributed by atoms with van der Waals surface area (Å²) < 4.78 is 66.9. The predicted octanol–water partition coefficient (Wildman–Crippen LogP) is 2.75. The molecular weight excluding hydrogens is 309 g/mol. The second kappa shape index (κ2) is 5.17. The van der Waals surface area contributed by atoms with Crippen molar-refractivity contribution < 1.29 is 31.4 Å². The van der Waals surface area contributed by atoms with Crippen LogP contribution >= 0.6 is 0 Å². The first-order valence-electron chi connectivity index (χ1n) is 6.37. The lowest BCUT2D eigenvalue weighted by molar-refractivity contribution is -0.0437. The normalized spacial score (nSPS) is 18.9. The van der Waals surface area contributed by atoms with Gasteiger partial charge in [-0.25, -0.2) is 8.42 Å². The van der Waals surface area contributed by atoms with Gasteiger partial charge in [0, 0.05) is 11.1 Å². The summed E-state index contributed by atoms with van der Waals surface area (Å²) in [6.07, 6.45) is -0.992. The number of hydrogen-bond donors (Lipinski definition) is 1. The van der Waals surface area contributed by atoms with Gasteiger partial charge in [-0.15, -0.1) is 0 Å². The van der Waals surface area contributed by atoms with Gasteiger partial charge in [0.25, 0.3) is 9.84 Å². The number of aliphatic hydroxyl groups is 1. The van der Waals surface area contributed by atoms with Crippen molar-refractivity contribution in [2.75, 3.05) is 0 Å². The van der Waals surface area contributed by atoms with Gasteiger partial charge in [-0.3, -0.25) is 0 Å². The zero-order valence-electron chi connectivity index (χ0n) is 11.4. The molecule has 2 rings (SSSR count). The molecule has 0 aromatic heterocycles. The Morgan fingerprint density at radius 1 is 1.33 bits per heavy atom. The van der Waals surface area contributed by atoms with Crippen molar-refractivity contribution >= 4 is 9.84 Å². The van der Waals surface area contributed by atoms with Crippen LogP contribution in [0.2, 0.25) is 0 Å². The average molecular weight is 324 g/mol. The summed E-state index contributed by atoms with van der Waals surface area (Å²) in [5, 5.41) is 9.86. The van der Waals surface area contributed by atoms with E-state index in [1.807, 2.05) is 0 Å². The molecule has 1 aromatic rings. The fourth-order valence-electron chi connectivity index (χ4n) is 2.40. The fourth-order valence-corrected chi connectivity index (χ4v) is 3.44. The van der Waals surface area contributed by atoms with E-state index in [1.165, 1.54) is 6.07 Å². The lowest BCUT2D eigenvalue weighted by Gasteiger charge is -2.18. The largest absolute Gasteiger partial charge is 0.501 e. The van der Waals surface area contributed by atoms with Gasteiger partial charge in [0.1, 0.15) is 5.75 Å². The van der Waals surface area contributed by atoms with Crippen LogP contribution in [-0.2, 0) is 16.3 Å². The quantitative estimate of drug-likeness (QED) is 0.928. The minimum atomic E-state index is -5.50. The molecule has 0 bridgehead atoms. The average Bonchev–Trinajstić information content (AvgIpc) is 2.70. The second-order valence-corrected chi connectivity index (χ2v) is 7.03. The van der Waals surface area contributed by atoms with Gasteiger partial charge in [-0.1, -0.05) is 0 Å². The zero-order valence-corrected chi connectivity index (χ0v) is 12.3. The van der Waals surface area contributed by atoms with Crippen LogP contribution in [0, 0.1) is 0 Å². The molecule has 0 fully saturated rings. The van der Waals surface area contributed by atoms with E-state index in [4.69, 9.17) is 4.74 Å². The van der Waals surface area contributed by atoms with Crippen LogP contribution in [0.4, 0.5) is 13.2 Å². The van der Waals surface area contributed by atoms with Crippen molar-refractivity contribution in [2.24, 2.45) is 0 Å². The maximum Gasteiger partial charge on any atom is 0.501 e. The maximum absolute atomic E-state index is 12.7. The van der Waals surface area contributed by atoms with Crippen LogP contribution in [0.1, 0.15) is 37.5 Å². The third kappa shape index (κ3) is 2.74. The predicted molar refractivity (Wildman–Crippen MR) is 68.7 cm³/mol. The van der Waals surface area contributed by atoms with E-state index in [-0.39, 0.29) is 24.5 Å². The molecule has 1 aliphatic rings. The molecule has 1 aromatic carbocycles. The van der Waals surface area contributed by atoms with Crippen molar-refractivity contribution in [1.82, 2.24) is 0 Å². The standard InChI is InChI=1S/C13H15F3O4S/c1-7(2)20-10-5-6-11(21(18,19)13(14,15)16)12-8(10)3-4-9(12)17/h5-7,9,17H,3-4H2,1-2H3. The summed E-state index contributed by atoms with van der Waals surface area (Å²) in [5.41, 5.74) is -5.25. The monoisotopic (exact) mass is 324 g/mol. The number of rotatable bonds is 3. The molecule has 118 valence electrons. The van der Waals surface area contributed by atoms with Gasteiger partial charge in [0.15, 0.2) is 0 Å². The van der Waals surface area contributed by atoms with Gasteiger partial charge in [0.05, 0.1) is 17.1 Å². The van der Waals surface area contributed by atoms with Gasteiger partial charge in [-0.2, -0.15) is 13.2 Å². The van der Waals surface area contributed by atoms with Crippen molar-refractivity contribution in [3.63, 3.8) is 0 Å². The molecule has 1 atom stereocenters. The molecule has 1 N–H and O–H groups in total. The SMILES string of the molecule is CC(C)Oc1ccc(S(=O)(=O)C(F)(F)F)c2c1CCC2O. The summed E-state index contributed by atoms with van der Waals surface area (Å²) >= 11 is 0. The topological polar surface area (TPSA) is 63.6 Å². The van der Waals surface area contributed by atoms with Crippen LogP contribution in [-0.4, -0.2) is 25.1 Å². The van der Waals surface area contributed by atoms with E-state index in [0.717, 1.165) is 6.07 Å². The third-order valence-corrected chi connectivity index (χ3v) is 4.78. The number of ether oxygens (including phenoxy) is 1. The van der Waals surface area contributed by atoms with Crippen molar-refractivity contribution in [3.05, 3.63) is 23.3 Å². The Morgan fingerprint density at radius 3 is 2.48 bits per heavy atom. The van der Waals surface area contributed by atoms with Crippen molar-refractivity contribution in [1.29, 1.82) is 0 Å². The van der Waals surface area contributed by atoms with Crippen LogP contribution in [0.3, 0.4) is 0 Å². The molecule has 1 unspecified atom stereocenters. The van der Waals surface area contributed by atoms with Gasteiger partial charge < -0.3 is 9.84 Å². The molecule has 0 aliphatic heterocycles. The Hall–Kier alpha value is -1.28. The van der Waals surface area contributed by atoms with E-state index in [1.54, 1.807) is 13.8 Å². The fraction of sp³-hybridized carbons (Fsp3) is 0.538. The zero-order chi connectivity index (χ0) is 16.0. The van der Waals surface area contributed by atoms with Gasteiger partial charge in [0.2, 0.25) is 0 Å². The number of fused-ring (bicyclic) bond motifs is 1. The van der Waals surface area contributed by atoms with Gasteiger partial charge in [-0.05, 0) is 38.8 Å². The van der Waals surface area contributed by atoms with Crippen molar-refractivity contribution in [3.8, 4) is 5.75 Å². The first kappa shape index (κ1) is 16.1. The highest BCUT2D eigenvalue weighted by molar-refractivity contribution is 7.92. The van der Waals surface area contributed by atoms with E-state index in [2.05, 4.69) is 0 Å². The van der Waals surface area contributed by atoms with Crippen LogP contribution in [0.5, 0.6) is 5.75 Å². The highest BCUT2D eigenvalue weighted by Gasteiger charge is 2.49. The smallest absolute Gasteiger partial charge is 0.491 e. The molecule has 0 saturated carbocycles. The molecule has 0 saturated heterocycles. The molecular formula is C13H15F3O4S. The molecule has 0 amide bonds. The molecule has 0 radical (unpaired) electrons. The Morgan fingerprint density at radius 2 is 1.95 bits per heavy atom. The summed E-state index contributed by atoms with van der Waals surface area (Å²) in [5.74, 6) is 0.317. The molecule has 0 spiro atoms. The molecule has 0 heterocycles. The lowest BCUT2D eigenvalue weighted by atomic mass is 10.1. The Balaban J connectivity index is 2.64. The number of sulfone groups is 1. The second-order valence-electron chi connectivity index (χ2n) is 5.12. The first-order valence-corrected chi connectivity index (χ1v) is 7.86. The molecule has 21 heavy (non-hydrogen) atoms. The summed E-state index contributed by atoms with van der Waals surface area (Å²) in [4.78, 5) is -0.883. The highest BCUT2D eigenvalue weighted by atomic mass is 32.2. The van der Waals surface area contributed by atoms with Crippen molar-refractivity contribution in [2.45, 2.75) is 49.3 Å². The highest BCUT2D eigenvalue weighted by Crippen LogP contribution is 2.44. The van der Waals surface area contributed by atoms with E-state index < -0.39 is 26.3 Å². The molecule has 1 aliphatic carbocycles. The van der Waals surface area contributed by atoms with Crippen LogP contribution < -0.4 is 4.74 Å². The molecule has 8 heteroatoms. The summed E-state index contributed by atoms with van der Waals surface area (Å²) in [7, 11) is -5.50. The number of alkyl halides is 3. The summed E-state index contributed by atoms with van der Waals surface area (Å²) in [6, 6.07) is 2.07. The first-order chi connectivity index (χ1) is 9.55. The van der Waals surface area contributed by atoms with Gasteiger partial charge >= 0.3 is 5.51 Å². The Labute approximate surface area is 120 Å². The Bertz CT molecular complexity index is 650. The maximum atomic E-state index is 12.7. The van der Waals surface area contributed by atoms with E-state index >= 15 is 0 Å². The minimum absolute atomic E-state index is 0.175. The lowest BCUT2D eigenvalue weighted by Crippen LogP contribution is -2.25. The number of halogens is 3. The Kier molecular flexibility index (Phi) is 3.96.